The topological polar surface area (TPSA) is 55.1 Å². The molecule has 3 nitrogen and oxygen atoms in total. The van der Waals surface area contributed by atoms with Crippen molar-refractivity contribution in [2.75, 3.05) is 0 Å². The van der Waals surface area contributed by atoms with Crippen LogP contribution in [0.4, 0.5) is 0 Å². The molecule has 0 saturated heterocycles. The second kappa shape index (κ2) is 5.80. The van der Waals surface area contributed by atoms with Crippen LogP contribution in [0.25, 0.3) is 0 Å². The molecule has 1 aromatic heterocycles. The molecule has 0 bridgehead atoms. The van der Waals surface area contributed by atoms with Crippen LogP contribution in [-0.4, -0.2) is 5.91 Å². The summed E-state index contributed by atoms with van der Waals surface area (Å²) in [5.41, 5.74) is 6.87. The van der Waals surface area contributed by atoms with Crippen molar-refractivity contribution < 1.29 is 4.79 Å². The molecule has 1 amide bonds. The second-order valence-electron chi connectivity index (χ2n) is 4.18. The van der Waals surface area contributed by atoms with Gasteiger partial charge in [0, 0.05) is 28.4 Å². The molecule has 3 N–H and O–H groups in total. The third-order valence-corrected chi connectivity index (χ3v) is 3.64. The molecule has 1 heterocycles. The lowest BCUT2D eigenvalue weighted by Gasteiger charge is -2.04. The van der Waals surface area contributed by atoms with Gasteiger partial charge < -0.3 is 11.1 Å². The first-order valence-corrected chi connectivity index (χ1v) is 6.61. The highest BCUT2D eigenvalue weighted by Crippen LogP contribution is 2.14. The average Bonchev–Trinajstić information content (AvgIpc) is 2.75. The van der Waals surface area contributed by atoms with E-state index in [1.807, 2.05) is 18.2 Å². The van der Waals surface area contributed by atoms with Gasteiger partial charge in [-0.25, -0.2) is 0 Å². The van der Waals surface area contributed by atoms with E-state index in [1.165, 1.54) is 9.75 Å². The van der Waals surface area contributed by atoms with Gasteiger partial charge in [0.25, 0.3) is 0 Å². The highest BCUT2D eigenvalue weighted by molar-refractivity contribution is 7.11. The highest BCUT2D eigenvalue weighted by atomic mass is 32.1. The minimum Gasteiger partial charge on any atom is -0.366 e. The van der Waals surface area contributed by atoms with Crippen molar-refractivity contribution in [3.63, 3.8) is 0 Å². The fourth-order valence-corrected chi connectivity index (χ4v) is 2.60. The van der Waals surface area contributed by atoms with Crippen molar-refractivity contribution in [2.45, 2.75) is 20.0 Å². The van der Waals surface area contributed by atoms with E-state index in [0.717, 1.165) is 18.7 Å². The van der Waals surface area contributed by atoms with E-state index in [-0.39, 0.29) is 5.91 Å². The average molecular weight is 260 g/mol. The number of aryl methyl sites for hydroxylation is 1. The van der Waals surface area contributed by atoms with Crippen molar-refractivity contribution in [3.8, 4) is 0 Å². The monoisotopic (exact) mass is 260 g/mol. The van der Waals surface area contributed by atoms with Crippen LogP contribution in [0.15, 0.2) is 36.4 Å². The maximum Gasteiger partial charge on any atom is 0.248 e. The smallest absolute Gasteiger partial charge is 0.248 e. The maximum absolute atomic E-state index is 11.1. The number of hydrogen-bond acceptors (Lipinski definition) is 3. The molecule has 0 fully saturated rings. The molecule has 0 aliphatic carbocycles. The van der Waals surface area contributed by atoms with Crippen LogP contribution in [0, 0.1) is 6.92 Å². The van der Waals surface area contributed by atoms with Crippen molar-refractivity contribution >= 4 is 17.2 Å². The molecule has 0 unspecified atom stereocenters. The molecule has 0 aliphatic heterocycles. The predicted molar refractivity (Wildman–Crippen MR) is 74.6 cm³/mol. The van der Waals surface area contributed by atoms with Gasteiger partial charge in [-0.1, -0.05) is 12.1 Å². The number of amides is 1. The Bertz CT molecular complexity index is 548. The number of benzene rings is 1. The first-order valence-electron chi connectivity index (χ1n) is 5.80. The van der Waals surface area contributed by atoms with Crippen molar-refractivity contribution in [3.05, 3.63) is 57.3 Å². The van der Waals surface area contributed by atoms with Gasteiger partial charge in [0.1, 0.15) is 0 Å². The molecule has 2 rings (SSSR count). The zero-order chi connectivity index (χ0) is 13.0. The van der Waals surface area contributed by atoms with E-state index in [1.54, 1.807) is 17.4 Å². The summed E-state index contributed by atoms with van der Waals surface area (Å²) in [5, 5.41) is 3.36. The minimum absolute atomic E-state index is 0.384. The van der Waals surface area contributed by atoms with E-state index in [0.29, 0.717) is 5.56 Å². The van der Waals surface area contributed by atoms with Crippen LogP contribution in [0.2, 0.25) is 0 Å². The summed E-state index contributed by atoms with van der Waals surface area (Å²) >= 11 is 1.79. The highest BCUT2D eigenvalue weighted by Gasteiger charge is 2.01. The SMILES string of the molecule is Cc1ccc(CNCc2cccc(C(N)=O)c2)s1. The zero-order valence-electron chi connectivity index (χ0n) is 10.3. The minimum atomic E-state index is -0.384. The molecule has 0 aliphatic rings. The maximum atomic E-state index is 11.1. The molecule has 0 radical (unpaired) electrons. The molecule has 94 valence electrons. The Kier molecular flexibility index (Phi) is 4.12. The number of carbonyl (C=O) groups is 1. The first kappa shape index (κ1) is 12.8. The Balaban J connectivity index is 1.90. The van der Waals surface area contributed by atoms with E-state index >= 15 is 0 Å². The fourth-order valence-electron chi connectivity index (χ4n) is 1.74. The molecule has 1 aromatic carbocycles. The summed E-state index contributed by atoms with van der Waals surface area (Å²) in [5.74, 6) is -0.384. The van der Waals surface area contributed by atoms with E-state index in [2.05, 4.69) is 24.4 Å². The normalized spacial score (nSPS) is 10.5. The van der Waals surface area contributed by atoms with Gasteiger partial charge in [0.15, 0.2) is 0 Å². The summed E-state index contributed by atoms with van der Waals surface area (Å²) in [6.07, 6.45) is 0. The summed E-state index contributed by atoms with van der Waals surface area (Å²) < 4.78 is 0. The van der Waals surface area contributed by atoms with Crippen molar-refractivity contribution in [1.82, 2.24) is 5.32 Å². The Morgan fingerprint density at radius 1 is 1.28 bits per heavy atom. The van der Waals surface area contributed by atoms with Gasteiger partial charge in [-0.15, -0.1) is 11.3 Å². The predicted octanol–water partition coefficient (Wildman–Crippen LogP) is 2.45. The van der Waals surface area contributed by atoms with Crippen molar-refractivity contribution in [2.24, 2.45) is 5.73 Å². The molecule has 0 spiro atoms. The Morgan fingerprint density at radius 2 is 2.11 bits per heavy atom. The van der Waals surface area contributed by atoms with Crippen LogP contribution in [0.5, 0.6) is 0 Å². The Hall–Kier alpha value is -1.65. The van der Waals surface area contributed by atoms with Crippen LogP contribution in [-0.2, 0) is 13.1 Å². The molecule has 4 heteroatoms. The van der Waals surface area contributed by atoms with Gasteiger partial charge in [0.05, 0.1) is 0 Å². The fraction of sp³-hybridized carbons (Fsp3) is 0.214. The summed E-state index contributed by atoms with van der Waals surface area (Å²) in [4.78, 5) is 13.7. The lowest BCUT2D eigenvalue weighted by molar-refractivity contribution is 0.1000. The number of hydrogen-bond donors (Lipinski definition) is 2. The van der Waals surface area contributed by atoms with Gasteiger partial charge in [-0.2, -0.15) is 0 Å². The quantitative estimate of drug-likeness (QED) is 0.867. The molecule has 18 heavy (non-hydrogen) atoms. The van der Waals surface area contributed by atoms with E-state index in [9.17, 15) is 4.79 Å². The molecular weight excluding hydrogens is 244 g/mol. The molecule has 2 aromatic rings. The third-order valence-electron chi connectivity index (χ3n) is 2.64. The number of nitrogens with one attached hydrogen (secondary N) is 1. The van der Waals surface area contributed by atoms with Gasteiger partial charge in [-0.05, 0) is 36.8 Å². The number of thiophene rings is 1. The summed E-state index contributed by atoms with van der Waals surface area (Å²) in [7, 11) is 0. The molecule has 0 saturated carbocycles. The number of primary amides is 1. The number of rotatable bonds is 5. The summed E-state index contributed by atoms with van der Waals surface area (Å²) in [6.45, 7) is 3.68. The number of carbonyl (C=O) groups excluding carboxylic acids is 1. The Labute approximate surface area is 111 Å². The van der Waals surface area contributed by atoms with Gasteiger partial charge >= 0.3 is 0 Å². The van der Waals surface area contributed by atoms with E-state index < -0.39 is 0 Å². The van der Waals surface area contributed by atoms with Crippen LogP contribution in [0.1, 0.15) is 25.7 Å². The first-order chi connectivity index (χ1) is 8.65. The second-order valence-corrected chi connectivity index (χ2v) is 5.55. The zero-order valence-corrected chi connectivity index (χ0v) is 11.1. The third kappa shape index (κ3) is 3.42. The lowest BCUT2D eigenvalue weighted by Crippen LogP contribution is -2.14. The standard InChI is InChI=1S/C14H16N2OS/c1-10-5-6-13(18-10)9-16-8-11-3-2-4-12(7-11)14(15)17/h2-7,16H,8-9H2,1H3,(H2,15,17). The largest absolute Gasteiger partial charge is 0.366 e. The van der Waals surface area contributed by atoms with Gasteiger partial charge in [0.2, 0.25) is 5.91 Å². The van der Waals surface area contributed by atoms with Crippen LogP contribution in [0.3, 0.4) is 0 Å². The lowest BCUT2D eigenvalue weighted by atomic mass is 10.1. The van der Waals surface area contributed by atoms with E-state index in [4.69, 9.17) is 5.73 Å². The molecular formula is C14H16N2OS. The summed E-state index contributed by atoms with van der Waals surface area (Å²) in [6, 6.07) is 11.6. The van der Waals surface area contributed by atoms with Crippen molar-refractivity contribution in [1.29, 1.82) is 0 Å². The number of nitrogens with two attached hydrogens (primary N) is 1. The van der Waals surface area contributed by atoms with Crippen LogP contribution < -0.4 is 11.1 Å². The van der Waals surface area contributed by atoms with Crippen LogP contribution >= 0.6 is 11.3 Å². The van der Waals surface area contributed by atoms with Gasteiger partial charge in [-0.3, -0.25) is 4.79 Å². The Morgan fingerprint density at radius 3 is 2.78 bits per heavy atom. The molecule has 0 atom stereocenters.